The molecule has 4 rings (SSSR count). The number of aromatic nitrogens is 3. The molecular formula is C19H25N7O. The second-order valence-corrected chi connectivity index (χ2v) is 6.95. The summed E-state index contributed by atoms with van der Waals surface area (Å²) in [5.74, 6) is 1.55. The van der Waals surface area contributed by atoms with Gasteiger partial charge >= 0.3 is 0 Å². The first kappa shape index (κ1) is 17.7. The summed E-state index contributed by atoms with van der Waals surface area (Å²) >= 11 is 0. The van der Waals surface area contributed by atoms with E-state index in [1.165, 1.54) is 0 Å². The van der Waals surface area contributed by atoms with Crippen LogP contribution in [0.15, 0.2) is 42.9 Å². The van der Waals surface area contributed by atoms with Crippen molar-refractivity contribution in [2.24, 2.45) is 11.5 Å². The van der Waals surface area contributed by atoms with Crippen molar-refractivity contribution in [1.29, 1.82) is 0 Å². The maximum absolute atomic E-state index is 6.15. The zero-order chi connectivity index (χ0) is 18.8. The highest BCUT2D eigenvalue weighted by Crippen LogP contribution is 2.26. The fourth-order valence-electron chi connectivity index (χ4n) is 3.53. The van der Waals surface area contributed by atoms with E-state index in [2.05, 4.69) is 26.4 Å². The third-order valence-electron chi connectivity index (χ3n) is 5.06. The monoisotopic (exact) mass is 367 g/mol. The van der Waals surface area contributed by atoms with E-state index in [9.17, 15) is 0 Å². The quantitative estimate of drug-likeness (QED) is 0.625. The van der Waals surface area contributed by atoms with Gasteiger partial charge in [-0.05, 0) is 30.2 Å². The van der Waals surface area contributed by atoms with Crippen LogP contribution in [0.25, 0.3) is 5.52 Å². The van der Waals surface area contributed by atoms with Gasteiger partial charge < -0.3 is 21.5 Å². The third kappa shape index (κ3) is 3.73. The molecule has 1 aliphatic heterocycles. The van der Waals surface area contributed by atoms with E-state index in [4.69, 9.17) is 16.2 Å². The topological polar surface area (TPSA) is 107 Å². The van der Waals surface area contributed by atoms with Crippen molar-refractivity contribution in [2.45, 2.75) is 25.0 Å². The molecule has 8 nitrogen and oxygen atoms in total. The van der Waals surface area contributed by atoms with E-state index in [0.717, 1.165) is 54.4 Å². The predicted molar refractivity (Wildman–Crippen MR) is 105 cm³/mol. The molecule has 3 aromatic rings. The molecule has 0 saturated carbocycles. The van der Waals surface area contributed by atoms with E-state index in [1.54, 1.807) is 13.4 Å². The van der Waals surface area contributed by atoms with Crippen LogP contribution in [0.1, 0.15) is 12.0 Å². The number of anilines is 2. The van der Waals surface area contributed by atoms with Crippen molar-refractivity contribution < 1.29 is 4.74 Å². The van der Waals surface area contributed by atoms with Gasteiger partial charge in [-0.2, -0.15) is 5.10 Å². The Balaban J connectivity index is 1.61. The van der Waals surface area contributed by atoms with Crippen LogP contribution in [0.3, 0.4) is 0 Å². The number of ether oxygens (including phenoxy) is 1. The predicted octanol–water partition coefficient (Wildman–Crippen LogP) is 1.34. The van der Waals surface area contributed by atoms with Gasteiger partial charge in [0, 0.05) is 49.7 Å². The summed E-state index contributed by atoms with van der Waals surface area (Å²) in [6, 6.07) is 9.95. The molecule has 0 spiro atoms. The van der Waals surface area contributed by atoms with Gasteiger partial charge in [0.25, 0.3) is 0 Å². The minimum atomic E-state index is 0.0123. The van der Waals surface area contributed by atoms with E-state index in [0.29, 0.717) is 0 Å². The van der Waals surface area contributed by atoms with Crippen LogP contribution < -0.4 is 21.5 Å². The average Bonchev–Trinajstić information content (AvgIpc) is 3.09. The minimum absolute atomic E-state index is 0.0123. The first-order chi connectivity index (χ1) is 13.1. The Hall–Kier alpha value is -2.68. The molecular weight excluding hydrogens is 342 g/mol. The fraction of sp³-hybridized carbons (Fsp3) is 0.368. The minimum Gasteiger partial charge on any atom is -0.497 e. The fourth-order valence-corrected chi connectivity index (χ4v) is 3.53. The lowest BCUT2D eigenvalue weighted by Gasteiger charge is -2.34. The Bertz CT molecular complexity index is 925. The van der Waals surface area contributed by atoms with Gasteiger partial charge in [0.2, 0.25) is 0 Å². The molecule has 142 valence electrons. The molecule has 5 N–H and O–H groups in total. The molecule has 0 radical (unpaired) electrons. The first-order valence-corrected chi connectivity index (χ1v) is 9.10. The summed E-state index contributed by atoms with van der Waals surface area (Å²) in [4.78, 5) is 6.80. The molecule has 1 aromatic carbocycles. The number of fused-ring (bicyclic) bond motifs is 1. The number of nitrogens with zero attached hydrogens (tertiary/aromatic N) is 4. The van der Waals surface area contributed by atoms with E-state index >= 15 is 0 Å². The molecule has 27 heavy (non-hydrogen) atoms. The van der Waals surface area contributed by atoms with Gasteiger partial charge in [0.15, 0.2) is 5.82 Å². The van der Waals surface area contributed by atoms with Crippen molar-refractivity contribution in [2.75, 3.05) is 25.5 Å². The van der Waals surface area contributed by atoms with E-state index < -0.39 is 0 Å². The Kier molecular flexibility index (Phi) is 4.93. The maximum Gasteiger partial charge on any atom is 0.158 e. The summed E-state index contributed by atoms with van der Waals surface area (Å²) in [7, 11) is 1.66. The summed E-state index contributed by atoms with van der Waals surface area (Å²) in [6.07, 6.45) is 4.42. The molecule has 0 unspecified atom stereocenters. The zero-order valence-electron chi connectivity index (χ0n) is 15.4. The van der Waals surface area contributed by atoms with Crippen LogP contribution in [-0.4, -0.2) is 51.8 Å². The Labute approximate surface area is 158 Å². The number of piperidine rings is 1. The standard InChI is InChI=1S/C19H25N7O/c1-27-15-4-2-3-14(9-15)24-19-18-13(5-8-26(18)23-12-22-19)10-25-7-6-16(20)17(21)11-25/h2-5,8-9,12,16-17H,6-7,10-11,20-21H2,1H3,(H,22,23,24)/t16-,17-/m1/s1. The average molecular weight is 367 g/mol. The number of hydrogen-bond donors (Lipinski definition) is 3. The summed E-state index contributed by atoms with van der Waals surface area (Å²) in [6.45, 7) is 2.53. The van der Waals surface area contributed by atoms with Crippen molar-refractivity contribution in [3.05, 3.63) is 48.4 Å². The number of nitrogens with two attached hydrogens (primary N) is 2. The van der Waals surface area contributed by atoms with Gasteiger partial charge in [-0.1, -0.05) is 6.07 Å². The summed E-state index contributed by atoms with van der Waals surface area (Å²) < 4.78 is 7.15. The van der Waals surface area contributed by atoms with Gasteiger partial charge in [-0.15, -0.1) is 0 Å². The number of hydrogen-bond acceptors (Lipinski definition) is 7. The van der Waals surface area contributed by atoms with Gasteiger partial charge in [0.1, 0.15) is 17.6 Å². The highest BCUT2D eigenvalue weighted by Gasteiger charge is 2.24. The molecule has 0 aliphatic carbocycles. The number of likely N-dealkylation sites (tertiary alicyclic amines) is 1. The van der Waals surface area contributed by atoms with Crippen molar-refractivity contribution in [1.82, 2.24) is 19.5 Å². The number of benzene rings is 1. The highest BCUT2D eigenvalue weighted by atomic mass is 16.5. The molecule has 0 bridgehead atoms. The lowest BCUT2D eigenvalue weighted by Crippen LogP contribution is -2.54. The Morgan fingerprint density at radius 2 is 2.15 bits per heavy atom. The van der Waals surface area contributed by atoms with Crippen LogP contribution in [0.4, 0.5) is 11.5 Å². The maximum atomic E-state index is 6.15. The van der Waals surface area contributed by atoms with Gasteiger partial charge in [-0.25, -0.2) is 9.50 Å². The van der Waals surface area contributed by atoms with E-state index in [-0.39, 0.29) is 12.1 Å². The van der Waals surface area contributed by atoms with Crippen LogP contribution in [0.5, 0.6) is 5.75 Å². The second-order valence-electron chi connectivity index (χ2n) is 6.95. The smallest absolute Gasteiger partial charge is 0.158 e. The molecule has 3 heterocycles. The molecule has 0 amide bonds. The van der Waals surface area contributed by atoms with Gasteiger partial charge in [0.05, 0.1) is 7.11 Å². The highest BCUT2D eigenvalue weighted by molar-refractivity contribution is 5.76. The molecule has 1 fully saturated rings. The second kappa shape index (κ2) is 7.51. The Morgan fingerprint density at radius 1 is 1.26 bits per heavy atom. The van der Waals surface area contributed by atoms with Gasteiger partial charge in [-0.3, -0.25) is 4.90 Å². The largest absolute Gasteiger partial charge is 0.497 e. The van der Waals surface area contributed by atoms with Crippen molar-refractivity contribution in [3.63, 3.8) is 0 Å². The Morgan fingerprint density at radius 3 is 2.96 bits per heavy atom. The summed E-state index contributed by atoms with van der Waals surface area (Å²) in [5, 5.41) is 7.72. The van der Waals surface area contributed by atoms with Crippen LogP contribution in [0.2, 0.25) is 0 Å². The molecule has 1 aliphatic rings. The normalized spacial score (nSPS) is 20.7. The molecule has 1 saturated heterocycles. The van der Waals surface area contributed by atoms with E-state index in [1.807, 2.05) is 35.0 Å². The lowest BCUT2D eigenvalue weighted by atomic mass is 10.0. The number of methoxy groups -OCH3 is 1. The molecule has 2 aromatic heterocycles. The van der Waals surface area contributed by atoms with Crippen molar-refractivity contribution in [3.8, 4) is 5.75 Å². The first-order valence-electron chi connectivity index (χ1n) is 9.10. The van der Waals surface area contributed by atoms with Crippen molar-refractivity contribution >= 4 is 17.0 Å². The molecule has 2 atom stereocenters. The van der Waals surface area contributed by atoms with Crippen LogP contribution >= 0.6 is 0 Å². The molecule has 8 heteroatoms. The SMILES string of the molecule is COc1cccc(Nc2ncnn3ccc(CN4CC[C@@H](N)[C@H](N)C4)c23)c1. The van der Waals surface area contributed by atoms with Crippen LogP contribution in [0, 0.1) is 0 Å². The van der Waals surface area contributed by atoms with Crippen LogP contribution in [-0.2, 0) is 6.54 Å². The number of nitrogens with one attached hydrogen (secondary N) is 1. The summed E-state index contributed by atoms with van der Waals surface area (Å²) in [5.41, 5.74) is 15.2. The third-order valence-corrected chi connectivity index (χ3v) is 5.06. The zero-order valence-corrected chi connectivity index (χ0v) is 15.4. The lowest BCUT2D eigenvalue weighted by molar-refractivity contribution is 0.185. The number of rotatable bonds is 5.